The van der Waals surface area contributed by atoms with Gasteiger partial charge in [-0.3, -0.25) is 15.1 Å². The van der Waals surface area contributed by atoms with Crippen LogP contribution in [0.1, 0.15) is 27.0 Å². The smallest absolute Gasteiger partial charge is 0.260 e. The largest absolute Gasteiger partial charge is 0.394 e. The Labute approximate surface area is 187 Å². The van der Waals surface area contributed by atoms with E-state index in [1.807, 2.05) is 67.5 Å². The summed E-state index contributed by atoms with van der Waals surface area (Å²) < 4.78 is 5.30. The minimum absolute atomic E-state index is 0.0723. The monoisotopic (exact) mass is 427 g/mol. The van der Waals surface area contributed by atoms with Crippen LogP contribution < -0.4 is 4.90 Å². The number of amides is 1. The molecule has 0 aromatic heterocycles. The molecular formula is C26H25N3O3. The van der Waals surface area contributed by atoms with Crippen LogP contribution in [0.15, 0.2) is 54.6 Å². The summed E-state index contributed by atoms with van der Waals surface area (Å²) in [5.41, 5.74) is 4.12. The van der Waals surface area contributed by atoms with E-state index < -0.39 is 0 Å². The summed E-state index contributed by atoms with van der Waals surface area (Å²) in [4.78, 5) is 16.6. The first-order valence-corrected chi connectivity index (χ1v) is 10.5. The van der Waals surface area contributed by atoms with E-state index in [0.29, 0.717) is 11.1 Å². The number of carbonyl (C=O) groups is 1. The number of nitrogens with one attached hydrogen (secondary N) is 1. The van der Waals surface area contributed by atoms with Crippen LogP contribution in [0.2, 0.25) is 0 Å². The maximum absolute atomic E-state index is 13.1. The molecule has 162 valence electrons. The molecule has 0 radical (unpaired) electrons. The molecule has 32 heavy (non-hydrogen) atoms. The fourth-order valence-electron chi connectivity index (χ4n) is 3.80. The highest BCUT2D eigenvalue weighted by atomic mass is 16.5. The summed E-state index contributed by atoms with van der Waals surface area (Å²) in [7, 11) is 4.00. The predicted molar refractivity (Wildman–Crippen MR) is 126 cm³/mol. The normalized spacial score (nSPS) is 12.7. The summed E-state index contributed by atoms with van der Waals surface area (Å²) in [5.74, 6) is 6.39. The molecule has 1 amide bonds. The van der Waals surface area contributed by atoms with Crippen molar-refractivity contribution in [3.8, 4) is 11.8 Å². The van der Waals surface area contributed by atoms with Crippen molar-refractivity contribution < 1.29 is 14.6 Å². The number of hydrogen-bond donors (Lipinski definition) is 2. The van der Waals surface area contributed by atoms with E-state index in [1.54, 1.807) is 6.07 Å². The van der Waals surface area contributed by atoms with Crippen LogP contribution in [0.5, 0.6) is 0 Å². The lowest BCUT2D eigenvalue weighted by molar-refractivity contribution is 0.0686. The zero-order valence-electron chi connectivity index (χ0n) is 18.2. The quantitative estimate of drug-likeness (QED) is 0.468. The van der Waals surface area contributed by atoms with Crippen LogP contribution in [0.3, 0.4) is 0 Å². The van der Waals surface area contributed by atoms with Gasteiger partial charge in [0.1, 0.15) is 5.84 Å². The van der Waals surface area contributed by atoms with Crippen LogP contribution in [-0.2, 0) is 4.74 Å². The van der Waals surface area contributed by atoms with Crippen molar-refractivity contribution in [1.82, 2.24) is 4.90 Å². The zero-order valence-corrected chi connectivity index (χ0v) is 18.2. The first-order valence-electron chi connectivity index (χ1n) is 10.5. The number of carbonyl (C=O) groups excluding carboxylic acids is 1. The van der Waals surface area contributed by atoms with Crippen molar-refractivity contribution in [1.29, 1.82) is 5.41 Å². The summed E-state index contributed by atoms with van der Waals surface area (Å²) in [6.07, 6.45) is 0. The van der Waals surface area contributed by atoms with Gasteiger partial charge in [-0.1, -0.05) is 24.0 Å². The number of nitrogens with zero attached hydrogens (tertiary/aromatic N) is 2. The third kappa shape index (κ3) is 4.09. The fourth-order valence-corrected chi connectivity index (χ4v) is 3.80. The Morgan fingerprint density at radius 3 is 2.50 bits per heavy atom. The lowest BCUT2D eigenvalue weighted by Gasteiger charge is -2.29. The third-order valence-electron chi connectivity index (χ3n) is 5.46. The summed E-state index contributed by atoms with van der Waals surface area (Å²) >= 11 is 0. The van der Waals surface area contributed by atoms with Crippen molar-refractivity contribution >= 4 is 28.2 Å². The van der Waals surface area contributed by atoms with E-state index in [-0.39, 0.29) is 38.1 Å². The highest BCUT2D eigenvalue weighted by Gasteiger charge is 2.30. The number of aliphatic hydroxyl groups excluding tert-OH is 1. The first-order chi connectivity index (χ1) is 15.5. The van der Waals surface area contributed by atoms with Crippen LogP contribution in [-0.4, -0.2) is 62.2 Å². The number of rotatable bonds is 6. The van der Waals surface area contributed by atoms with Gasteiger partial charge in [-0.05, 0) is 47.9 Å². The van der Waals surface area contributed by atoms with Crippen molar-refractivity contribution in [3.05, 3.63) is 76.9 Å². The predicted octanol–water partition coefficient (Wildman–Crippen LogP) is 3.10. The van der Waals surface area contributed by atoms with E-state index in [4.69, 9.17) is 15.3 Å². The standard InChI is InChI=1S/C26H25N3O3/c1-28(2)20-11-7-18(8-12-20)6-9-19-10-13-22-24-21(19)4-3-5-23(24)26(31)29(25(22)27)14-16-32-17-15-30/h3-5,7-8,10-13,27,30H,14-17H2,1-2H3. The Kier molecular flexibility index (Phi) is 6.22. The Bertz CT molecular complexity index is 1210. The number of aliphatic hydroxyl groups is 1. The number of amidine groups is 1. The second-order valence-corrected chi connectivity index (χ2v) is 7.72. The highest BCUT2D eigenvalue weighted by Crippen LogP contribution is 2.32. The maximum atomic E-state index is 13.1. The van der Waals surface area contributed by atoms with E-state index >= 15 is 0 Å². The molecule has 6 nitrogen and oxygen atoms in total. The number of benzene rings is 3. The van der Waals surface area contributed by atoms with Gasteiger partial charge in [0.05, 0.1) is 26.4 Å². The lowest BCUT2D eigenvalue weighted by Crippen LogP contribution is -2.42. The second-order valence-electron chi connectivity index (χ2n) is 7.72. The van der Waals surface area contributed by atoms with Gasteiger partial charge >= 0.3 is 0 Å². The molecule has 0 aliphatic carbocycles. The molecule has 3 aromatic rings. The van der Waals surface area contributed by atoms with Crippen molar-refractivity contribution in [2.24, 2.45) is 0 Å². The number of anilines is 1. The molecule has 1 aliphatic heterocycles. The topological polar surface area (TPSA) is 76.9 Å². The van der Waals surface area contributed by atoms with Gasteiger partial charge in [-0.25, -0.2) is 0 Å². The molecule has 0 saturated heterocycles. The average molecular weight is 428 g/mol. The molecular weight excluding hydrogens is 402 g/mol. The molecule has 1 heterocycles. The van der Waals surface area contributed by atoms with E-state index in [2.05, 4.69) is 11.8 Å². The van der Waals surface area contributed by atoms with E-state index in [0.717, 1.165) is 27.6 Å². The minimum atomic E-state index is -0.218. The molecule has 6 heteroatoms. The van der Waals surface area contributed by atoms with Gasteiger partial charge in [0.25, 0.3) is 5.91 Å². The Morgan fingerprint density at radius 1 is 1.00 bits per heavy atom. The number of hydrogen-bond acceptors (Lipinski definition) is 5. The van der Waals surface area contributed by atoms with E-state index in [9.17, 15) is 4.79 Å². The van der Waals surface area contributed by atoms with Crippen molar-refractivity contribution in [2.45, 2.75) is 0 Å². The van der Waals surface area contributed by atoms with Crippen LogP contribution in [0.4, 0.5) is 5.69 Å². The maximum Gasteiger partial charge on any atom is 0.260 e. The molecule has 0 atom stereocenters. The van der Waals surface area contributed by atoms with Gasteiger partial charge in [-0.2, -0.15) is 0 Å². The van der Waals surface area contributed by atoms with Crippen molar-refractivity contribution in [3.63, 3.8) is 0 Å². The van der Waals surface area contributed by atoms with Crippen molar-refractivity contribution in [2.75, 3.05) is 45.4 Å². The molecule has 3 aromatic carbocycles. The summed E-state index contributed by atoms with van der Waals surface area (Å²) in [6, 6.07) is 17.4. The van der Waals surface area contributed by atoms with Gasteiger partial charge in [0, 0.05) is 47.4 Å². The Morgan fingerprint density at radius 2 is 1.78 bits per heavy atom. The molecule has 0 unspecified atom stereocenters. The molecule has 0 spiro atoms. The third-order valence-corrected chi connectivity index (χ3v) is 5.46. The molecule has 1 aliphatic rings. The molecule has 4 rings (SSSR count). The van der Waals surface area contributed by atoms with Crippen LogP contribution in [0, 0.1) is 17.3 Å². The fraction of sp³-hybridized carbons (Fsp3) is 0.231. The first kappa shape index (κ1) is 21.6. The minimum Gasteiger partial charge on any atom is -0.394 e. The Hall–Kier alpha value is -3.66. The molecule has 0 bridgehead atoms. The van der Waals surface area contributed by atoms with Crippen LogP contribution >= 0.6 is 0 Å². The highest BCUT2D eigenvalue weighted by molar-refractivity contribution is 6.26. The van der Waals surface area contributed by atoms with Gasteiger partial charge in [0.15, 0.2) is 0 Å². The summed E-state index contributed by atoms with van der Waals surface area (Å²) in [6.45, 7) is 0.659. The van der Waals surface area contributed by atoms with Gasteiger partial charge in [-0.15, -0.1) is 0 Å². The van der Waals surface area contributed by atoms with Crippen LogP contribution in [0.25, 0.3) is 10.8 Å². The summed E-state index contributed by atoms with van der Waals surface area (Å²) in [5, 5.41) is 19.1. The van der Waals surface area contributed by atoms with Gasteiger partial charge in [0.2, 0.25) is 0 Å². The average Bonchev–Trinajstić information content (AvgIpc) is 2.81. The molecule has 2 N–H and O–H groups in total. The van der Waals surface area contributed by atoms with Gasteiger partial charge < -0.3 is 14.7 Å². The molecule has 0 fully saturated rings. The molecule has 0 saturated carbocycles. The Balaban J connectivity index is 1.68. The SMILES string of the molecule is CN(C)c1ccc(C#Cc2ccc3c4c(cccc24)C(=O)N(CCOCCO)C3=N)cc1. The second kappa shape index (κ2) is 9.23. The van der Waals surface area contributed by atoms with E-state index in [1.165, 1.54) is 4.90 Å². The zero-order chi connectivity index (χ0) is 22.7. The lowest BCUT2D eigenvalue weighted by atomic mass is 9.91. The number of ether oxygens (including phenoxy) is 1.